The van der Waals surface area contributed by atoms with E-state index < -0.39 is 0 Å². The molecule has 0 fully saturated rings. The number of benzene rings is 1. The van der Waals surface area contributed by atoms with E-state index in [1.54, 1.807) is 0 Å². The molecule has 2 heterocycles. The maximum atomic E-state index is 12.5. The second-order valence-corrected chi connectivity index (χ2v) is 6.46. The Morgan fingerprint density at radius 1 is 1.29 bits per heavy atom. The van der Waals surface area contributed by atoms with Crippen molar-refractivity contribution in [2.45, 2.75) is 19.8 Å². The van der Waals surface area contributed by atoms with E-state index in [2.05, 4.69) is 22.6 Å². The van der Waals surface area contributed by atoms with Gasteiger partial charge in [0.25, 0.3) is 5.91 Å². The minimum Gasteiger partial charge on any atom is -0.367 e. The summed E-state index contributed by atoms with van der Waals surface area (Å²) in [6.07, 6.45) is 1.77. The Kier molecular flexibility index (Phi) is 4.96. The third-order valence-electron chi connectivity index (χ3n) is 3.79. The van der Waals surface area contributed by atoms with Crippen LogP contribution in [0.25, 0.3) is 10.6 Å². The third-order valence-corrected chi connectivity index (χ3v) is 4.82. The van der Waals surface area contributed by atoms with Crippen LogP contribution in [0.2, 0.25) is 0 Å². The van der Waals surface area contributed by atoms with Crippen molar-refractivity contribution in [2.24, 2.45) is 0 Å². The number of nitrogen functional groups attached to an aromatic ring is 1. The van der Waals surface area contributed by atoms with Crippen LogP contribution in [-0.4, -0.2) is 17.6 Å². The van der Waals surface area contributed by atoms with E-state index >= 15 is 0 Å². The van der Waals surface area contributed by atoms with Gasteiger partial charge in [-0.15, -0.1) is 11.3 Å². The lowest BCUT2D eigenvalue weighted by Crippen LogP contribution is -2.25. The maximum absolute atomic E-state index is 12.5. The second kappa shape index (κ2) is 7.31. The molecule has 5 nitrogen and oxygen atoms in total. The zero-order valence-corrected chi connectivity index (χ0v) is 14.2. The second-order valence-electron chi connectivity index (χ2n) is 5.55. The van der Waals surface area contributed by atoms with Crippen molar-refractivity contribution in [2.75, 3.05) is 12.3 Å². The molecule has 2 aromatic heterocycles. The van der Waals surface area contributed by atoms with Crippen molar-refractivity contribution < 1.29 is 9.32 Å². The van der Waals surface area contributed by atoms with Crippen LogP contribution in [0.4, 0.5) is 5.88 Å². The van der Waals surface area contributed by atoms with Crippen LogP contribution in [-0.2, 0) is 6.42 Å². The Labute approximate surface area is 144 Å². The molecule has 0 spiro atoms. The fourth-order valence-corrected chi connectivity index (χ4v) is 3.43. The Morgan fingerprint density at radius 3 is 2.79 bits per heavy atom. The molecule has 24 heavy (non-hydrogen) atoms. The largest absolute Gasteiger partial charge is 0.367 e. The number of hydrogen-bond donors (Lipinski definition) is 2. The number of rotatable bonds is 6. The fourth-order valence-electron chi connectivity index (χ4n) is 2.52. The normalized spacial score (nSPS) is 10.7. The third kappa shape index (κ3) is 3.49. The van der Waals surface area contributed by atoms with Crippen LogP contribution in [0.3, 0.4) is 0 Å². The first-order valence-electron chi connectivity index (χ1n) is 7.78. The monoisotopic (exact) mass is 341 g/mol. The van der Waals surface area contributed by atoms with Gasteiger partial charge >= 0.3 is 0 Å². The maximum Gasteiger partial charge on any atom is 0.259 e. The zero-order chi connectivity index (χ0) is 16.9. The van der Waals surface area contributed by atoms with Gasteiger partial charge < -0.3 is 15.6 Å². The van der Waals surface area contributed by atoms with Crippen LogP contribution < -0.4 is 11.1 Å². The van der Waals surface area contributed by atoms with Crippen LogP contribution in [0, 0.1) is 6.92 Å². The van der Waals surface area contributed by atoms with E-state index in [4.69, 9.17) is 10.3 Å². The summed E-state index contributed by atoms with van der Waals surface area (Å²) in [6.45, 7) is 2.54. The number of nitrogens with two attached hydrogens (primary N) is 1. The molecule has 0 radical (unpaired) electrons. The van der Waals surface area contributed by atoms with Crippen molar-refractivity contribution in [3.63, 3.8) is 0 Å². The summed E-state index contributed by atoms with van der Waals surface area (Å²) < 4.78 is 5.04. The van der Waals surface area contributed by atoms with Crippen LogP contribution in [0.5, 0.6) is 0 Å². The lowest BCUT2D eigenvalue weighted by Gasteiger charge is -2.05. The quantitative estimate of drug-likeness (QED) is 0.671. The number of hydrogen-bond acceptors (Lipinski definition) is 5. The van der Waals surface area contributed by atoms with Gasteiger partial charge in [-0.05, 0) is 42.3 Å². The molecule has 3 rings (SSSR count). The van der Waals surface area contributed by atoms with Gasteiger partial charge in [-0.3, -0.25) is 4.79 Å². The highest BCUT2D eigenvalue weighted by Crippen LogP contribution is 2.33. The predicted octanol–water partition coefficient (Wildman–Crippen LogP) is 3.66. The topological polar surface area (TPSA) is 81.2 Å². The lowest BCUT2D eigenvalue weighted by molar-refractivity contribution is 0.0954. The van der Waals surface area contributed by atoms with E-state index in [0.717, 1.165) is 23.3 Å². The molecule has 0 saturated heterocycles. The first-order chi connectivity index (χ1) is 11.7. The molecule has 0 saturated carbocycles. The predicted molar refractivity (Wildman–Crippen MR) is 96.1 cm³/mol. The number of thiophene rings is 1. The van der Waals surface area contributed by atoms with Gasteiger partial charge in [-0.1, -0.05) is 35.5 Å². The average molecular weight is 341 g/mol. The number of aromatic nitrogens is 1. The summed E-state index contributed by atoms with van der Waals surface area (Å²) in [4.78, 5) is 13.4. The number of nitrogens with zero attached hydrogens (tertiary/aromatic N) is 1. The molecule has 1 aromatic carbocycles. The number of amides is 1. The summed E-state index contributed by atoms with van der Waals surface area (Å²) in [5.41, 5.74) is 8.95. The lowest BCUT2D eigenvalue weighted by atomic mass is 10.1. The van der Waals surface area contributed by atoms with E-state index in [1.165, 1.54) is 16.9 Å². The average Bonchev–Trinajstić information content (AvgIpc) is 3.17. The summed E-state index contributed by atoms with van der Waals surface area (Å²) in [5.74, 6) is -0.192. The Hall–Kier alpha value is -2.60. The summed E-state index contributed by atoms with van der Waals surface area (Å²) in [5, 5.41) is 8.82. The minimum absolute atomic E-state index is 0.0540. The number of nitrogens with one attached hydrogen (secondary N) is 1. The van der Waals surface area contributed by atoms with Gasteiger partial charge in [0, 0.05) is 6.54 Å². The standard InChI is InChI=1S/C18H19N3O2S/c1-12-9-11-24-16(12)15-14(17(19)23-21-15)18(22)20-10-5-8-13-6-3-2-4-7-13/h2-4,6-7,9,11H,5,8,10,19H2,1H3,(H,20,22). The molecule has 0 aliphatic carbocycles. The van der Waals surface area contributed by atoms with Crippen LogP contribution >= 0.6 is 11.3 Å². The molecule has 3 N–H and O–H groups in total. The van der Waals surface area contributed by atoms with Crippen LogP contribution in [0.1, 0.15) is 27.9 Å². The van der Waals surface area contributed by atoms with Crippen molar-refractivity contribution in [3.8, 4) is 10.6 Å². The van der Waals surface area contributed by atoms with E-state index in [-0.39, 0.29) is 11.8 Å². The molecule has 0 aliphatic rings. The molecule has 0 aliphatic heterocycles. The summed E-state index contributed by atoms with van der Waals surface area (Å²) in [6, 6.07) is 12.2. The molecular weight excluding hydrogens is 322 g/mol. The molecular formula is C18H19N3O2S. The molecule has 0 bridgehead atoms. The minimum atomic E-state index is -0.246. The highest BCUT2D eigenvalue weighted by Gasteiger charge is 2.23. The molecule has 1 amide bonds. The zero-order valence-electron chi connectivity index (χ0n) is 13.4. The number of carbonyl (C=O) groups is 1. The molecule has 0 unspecified atom stereocenters. The van der Waals surface area contributed by atoms with Gasteiger partial charge in [0.1, 0.15) is 11.3 Å². The first kappa shape index (κ1) is 16.3. The van der Waals surface area contributed by atoms with Gasteiger partial charge in [0.05, 0.1) is 4.88 Å². The number of carbonyl (C=O) groups excluding carboxylic acids is 1. The number of anilines is 1. The molecule has 6 heteroatoms. The fraction of sp³-hybridized carbons (Fsp3) is 0.222. The molecule has 0 atom stereocenters. The smallest absolute Gasteiger partial charge is 0.259 e. The highest BCUT2D eigenvalue weighted by atomic mass is 32.1. The molecule has 3 aromatic rings. The van der Waals surface area contributed by atoms with Crippen LogP contribution in [0.15, 0.2) is 46.3 Å². The SMILES string of the molecule is Cc1ccsc1-c1noc(N)c1C(=O)NCCCc1ccccc1. The van der Waals surface area contributed by atoms with Gasteiger partial charge in [-0.25, -0.2) is 0 Å². The van der Waals surface area contributed by atoms with Gasteiger partial charge in [-0.2, -0.15) is 0 Å². The summed E-state index contributed by atoms with van der Waals surface area (Å²) in [7, 11) is 0. The molecule has 124 valence electrons. The number of aryl methyl sites for hydroxylation is 2. The Balaban J connectivity index is 1.63. The Morgan fingerprint density at radius 2 is 2.08 bits per heavy atom. The van der Waals surface area contributed by atoms with Crippen molar-refractivity contribution >= 4 is 23.1 Å². The van der Waals surface area contributed by atoms with Gasteiger partial charge in [0.2, 0.25) is 5.88 Å². The summed E-state index contributed by atoms with van der Waals surface area (Å²) >= 11 is 1.52. The van der Waals surface area contributed by atoms with E-state index in [1.807, 2.05) is 36.6 Å². The van der Waals surface area contributed by atoms with Crippen molar-refractivity contribution in [1.29, 1.82) is 0 Å². The van der Waals surface area contributed by atoms with E-state index in [0.29, 0.717) is 17.8 Å². The first-order valence-corrected chi connectivity index (χ1v) is 8.66. The van der Waals surface area contributed by atoms with Crippen molar-refractivity contribution in [3.05, 3.63) is 58.5 Å². The van der Waals surface area contributed by atoms with E-state index in [9.17, 15) is 4.79 Å². The Bertz CT molecular complexity index is 824. The highest BCUT2D eigenvalue weighted by molar-refractivity contribution is 7.13. The van der Waals surface area contributed by atoms with Gasteiger partial charge in [0.15, 0.2) is 0 Å². The van der Waals surface area contributed by atoms with Crippen molar-refractivity contribution in [1.82, 2.24) is 10.5 Å².